The van der Waals surface area contributed by atoms with Gasteiger partial charge in [0, 0.05) is 12.5 Å². The maximum absolute atomic E-state index is 8.74. The van der Waals surface area contributed by atoms with Crippen molar-refractivity contribution in [1.82, 2.24) is 4.90 Å². The summed E-state index contributed by atoms with van der Waals surface area (Å²) in [5.74, 6) is 0.680. The van der Waals surface area contributed by atoms with Crippen LogP contribution in [0.5, 0.6) is 0 Å². The highest BCUT2D eigenvalue weighted by Gasteiger charge is 2.32. The normalized spacial score (nSPS) is 32.5. The molecule has 2 aliphatic heterocycles. The van der Waals surface area contributed by atoms with E-state index in [1.54, 1.807) is 0 Å². The number of nitriles is 1. The van der Waals surface area contributed by atoms with Crippen LogP contribution in [-0.4, -0.2) is 24.0 Å². The van der Waals surface area contributed by atoms with E-state index >= 15 is 0 Å². The fraction of sp³-hybridized carbons (Fsp3) is 0.909. The van der Waals surface area contributed by atoms with Gasteiger partial charge >= 0.3 is 0 Å². The number of rotatable bonds is 1. The Hall–Kier alpha value is -0.260. The maximum Gasteiger partial charge on any atom is 0.0625 e. The minimum absolute atomic E-state index is 0. The third-order valence-corrected chi connectivity index (χ3v) is 3.58. The molecule has 0 aromatic carbocycles. The first kappa shape index (κ1) is 11.8. The average Bonchev–Trinajstić information content (AvgIpc) is 2.19. The minimum atomic E-state index is 0. The number of halogens is 1. The molecule has 2 fully saturated rings. The van der Waals surface area contributed by atoms with Crippen LogP contribution >= 0.6 is 12.4 Å². The molecular weight excluding hydrogens is 196 g/mol. The van der Waals surface area contributed by atoms with Crippen LogP contribution in [0, 0.1) is 17.2 Å². The van der Waals surface area contributed by atoms with Gasteiger partial charge in [-0.1, -0.05) is 6.42 Å². The summed E-state index contributed by atoms with van der Waals surface area (Å²) in [6.07, 6.45) is 7.46. The Morgan fingerprint density at radius 1 is 1.14 bits per heavy atom. The van der Waals surface area contributed by atoms with Crippen molar-refractivity contribution in [3.8, 4) is 6.07 Å². The van der Waals surface area contributed by atoms with E-state index in [4.69, 9.17) is 5.26 Å². The smallest absolute Gasteiger partial charge is 0.0625 e. The van der Waals surface area contributed by atoms with E-state index in [9.17, 15) is 0 Å². The van der Waals surface area contributed by atoms with Crippen molar-refractivity contribution in [1.29, 1.82) is 5.26 Å². The second kappa shape index (κ2) is 5.58. The number of piperidine rings is 2. The van der Waals surface area contributed by atoms with Gasteiger partial charge in [-0.15, -0.1) is 12.4 Å². The summed E-state index contributed by atoms with van der Waals surface area (Å²) in [4.78, 5) is 2.62. The van der Waals surface area contributed by atoms with Crippen molar-refractivity contribution in [2.45, 2.75) is 44.6 Å². The largest absolute Gasteiger partial charge is 0.300 e. The maximum atomic E-state index is 8.74. The lowest BCUT2D eigenvalue weighted by Crippen LogP contribution is -2.47. The van der Waals surface area contributed by atoms with Crippen LogP contribution in [0.2, 0.25) is 0 Å². The summed E-state index contributed by atoms with van der Waals surface area (Å²) >= 11 is 0. The van der Waals surface area contributed by atoms with Crippen molar-refractivity contribution in [3.63, 3.8) is 0 Å². The SMILES string of the molecule is Cl.N#CCC1CCCN2CCCCC12. The Morgan fingerprint density at radius 3 is 2.71 bits per heavy atom. The molecule has 3 heteroatoms. The molecule has 2 atom stereocenters. The van der Waals surface area contributed by atoms with Crippen LogP contribution in [0.25, 0.3) is 0 Å². The molecule has 0 aromatic rings. The van der Waals surface area contributed by atoms with Gasteiger partial charge in [-0.05, 0) is 44.7 Å². The van der Waals surface area contributed by atoms with Crippen molar-refractivity contribution >= 4 is 12.4 Å². The van der Waals surface area contributed by atoms with E-state index in [0.29, 0.717) is 5.92 Å². The molecule has 2 heterocycles. The van der Waals surface area contributed by atoms with E-state index in [-0.39, 0.29) is 12.4 Å². The molecular formula is C11H19ClN2. The molecule has 2 aliphatic rings. The van der Waals surface area contributed by atoms with Gasteiger partial charge in [0.05, 0.1) is 6.07 Å². The van der Waals surface area contributed by atoms with E-state index < -0.39 is 0 Å². The fourth-order valence-corrected chi connectivity index (χ4v) is 2.93. The van der Waals surface area contributed by atoms with Crippen LogP contribution in [0.15, 0.2) is 0 Å². The van der Waals surface area contributed by atoms with Gasteiger partial charge in [0.1, 0.15) is 0 Å². The molecule has 14 heavy (non-hydrogen) atoms. The number of fused-ring (bicyclic) bond motifs is 1. The summed E-state index contributed by atoms with van der Waals surface area (Å²) in [6, 6.07) is 3.10. The number of nitrogens with zero attached hydrogens (tertiary/aromatic N) is 2. The zero-order chi connectivity index (χ0) is 9.10. The van der Waals surface area contributed by atoms with Gasteiger partial charge < -0.3 is 4.90 Å². The lowest BCUT2D eigenvalue weighted by atomic mass is 9.82. The Morgan fingerprint density at radius 2 is 1.93 bits per heavy atom. The molecule has 80 valence electrons. The Kier molecular flexibility index (Phi) is 4.71. The van der Waals surface area contributed by atoms with Gasteiger partial charge in [-0.3, -0.25) is 0 Å². The van der Waals surface area contributed by atoms with Crippen molar-refractivity contribution in [3.05, 3.63) is 0 Å². The first-order chi connectivity index (χ1) is 6.42. The second-order valence-electron chi connectivity index (χ2n) is 4.36. The molecule has 0 amide bonds. The predicted molar refractivity (Wildman–Crippen MR) is 59.4 cm³/mol. The first-order valence-electron chi connectivity index (χ1n) is 5.53. The topological polar surface area (TPSA) is 27.0 Å². The van der Waals surface area contributed by atoms with Crippen LogP contribution in [0.1, 0.15) is 38.5 Å². The second-order valence-corrected chi connectivity index (χ2v) is 4.36. The van der Waals surface area contributed by atoms with E-state index in [0.717, 1.165) is 12.5 Å². The van der Waals surface area contributed by atoms with Crippen molar-refractivity contribution in [2.24, 2.45) is 5.92 Å². The van der Waals surface area contributed by atoms with Crippen LogP contribution < -0.4 is 0 Å². The van der Waals surface area contributed by atoms with Crippen LogP contribution in [0.3, 0.4) is 0 Å². The van der Waals surface area contributed by atoms with Crippen molar-refractivity contribution < 1.29 is 0 Å². The molecule has 0 N–H and O–H groups in total. The highest BCUT2D eigenvalue weighted by atomic mass is 35.5. The summed E-state index contributed by atoms with van der Waals surface area (Å²) in [5.41, 5.74) is 0. The van der Waals surface area contributed by atoms with Crippen LogP contribution in [-0.2, 0) is 0 Å². The van der Waals surface area contributed by atoms with E-state index in [1.165, 1.54) is 45.2 Å². The lowest BCUT2D eigenvalue weighted by Gasteiger charge is -2.43. The third kappa shape index (κ3) is 2.40. The fourth-order valence-electron chi connectivity index (χ4n) is 2.93. The molecule has 0 bridgehead atoms. The van der Waals surface area contributed by atoms with Gasteiger partial charge in [0.15, 0.2) is 0 Å². The molecule has 0 aliphatic carbocycles. The number of hydrogen-bond donors (Lipinski definition) is 0. The Balaban J connectivity index is 0.000000980. The zero-order valence-corrected chi connectivity index (χ0v) is 9.43. The third-order valence-electron chi connectivity index (χ3n) is 3.58. The van der Waals surface area contributed by atoms with Gasteiger partial charge in [-0.2, -0.15) is 5.26 Å². The molecule has 0 spiro atoms. The molecule has 2 rings (SSSR count). The van der Waals surface area contributed by atoms with E-state index in [2.05, 4.69) is 11.0 Å². The summed E-state index contributed by atoms with van der Waals surface area (Å²) in [7, 11) is 0. The monoisotopic (exact) mass is 214 g/mol. The predicted octanol–water partition coefficient (Wildman–Crippen LogP) is 2.59. The molecule has 2 unspecified atom stereocenters. The zero-order valence-electron chi connectivity index (χ0n) is 8.61. The lowest BCUT2D eigenvalue weighted by molar-refractivity contribution is 0.0615. The average molecular weight is 215 g/mol. The standard InChI is InChI=1S/C11H18N2.ClH/c12-7-6-10-4-3-9-13-8-2-1-5-11(10)13;/h10-11H,1-6,8-9H2;1H. The van der Waals surface area contributed by atoms with Gasteiger partial charge in [0.2, 0.25) is 0 Å². The summed E-state index contributed by atoms with van der Waals surface area (Å²) in [6.45, 7) is 2.57. The summed E-state index contributed by atoms with van der Waals surface area (Å²) in [5, 5.41) is 8.74. The molecule has 2 saturated heterocycles. The van der Waals surface area contributed by atoms with Gasteiger partial charge in [0.25, 0.3) is 0 Å². The molecule has 0 aromatic heterocycles. The quantitative estimate of drug-likeness (QED) is 0.671. The Labute approximate surface area is 92.7 Å². The highest BCUT2D eigenvalue weighted by Crippen LogP contribution is 2.32. The summed E-state index contributed by atoms with van der Waals surface area (Å²) < 4.78 is 0. The first-order valence-corrected chi connectivity index (χ1v) is 5.53. The Bertz CT molecular complexity index is 210. The number of hydrogen-bond acceptors (Lipinski definition) is 2. The molecule has 2 nitrogen and oxygen atoms in total. The molecule has 0 radical (unpaired) electrons. The van der Waals surface area contributed by atoms with Gasteiger partial charge in [-0.25, -0.2) is 0 Å². The van der Waals surface area contributed by atoms with Crippen molar-refractivity contribution in [2.75, 3.05) is 13.1 Å². The minimum Gasteiger partial charge on any atom is -0.300 e. The van der Waals surface area contributed by atoms with E-state index in [1.807, 2.05) is 0 Å². The highest BCUT2D eigenvalue weighted by molar-refractivity contribution is 5.85. The van der Waals surface area contributed by atoms with Crippen LogP contribution in [0.4, 0.5) is 0 Å². The molecule has 0 saturated carbocycles.